The zero-order valence-corrected chi connectivity index (χ0v) is 16.7. The number of nitrogens with one attached hydrogen (secondary N) is 1. The fourth-order valence-electron chi connectivity index (χ4n) is 4.15. The molecule has 1 fully saturated rings. The molecule has 29 heavy (non-hydrogen) atoms. The van der Waals surface area contributed by atoms with Crippen LogP contribution in [0.25, 0.3) is 27.7 Å². The fraction of sp³-hybridized carbons (Fsp3) is 0.364. The molecule has 0 saturated heterocycles. The molecule has 7 heteroatoms. The zero-order valence-electron chi connectivity index (χ0n) is 16.7. The number of aromatic nitrogens is 5. The second-order valence-electron chi connectivity index (χ2n) is 7.83. The lowest BCUT2D eigenvalue weighted by molar-refractivity contribution is 0.359. The predicted octanol–water partition coefficient (Wildman–Crippen LogP) is 4.34. The molecule has 1 aromatic carbocycles. The molecule has 0 bridgehead atoms. The summed E-state index contributed by atoms with van der Waals surface area (Å²) in [6.07, 6.45) is 10.2. The Hall–Kier alpha value is -3.22. The Bertz CT molecular complexity index is 1160. The maximum atomic E-state index is 5.64. The maximum Gasteiger partial charge on any atom is 0.244 e. The molecule has 3 aromatic heterocycles. The quantitative estimate of drug-likeness (QED) is 0.560. The Labute approximate surface area is 169 Å². The fourth-order valence-corrected chi connectivity index (χ4v) is 4.15. The second kappa shape index (κ2) is 7.31. The van der Waals surface area contributed by atoms with Crippen molar-refractivity contribution in [1.82, 2.24) is 24.6 Å². The molecule has 7 nitrogen and oxygen atoms in total. The summed E-state index contributed by atoms with van der Waals surface area (Å²) >= 11 is 0. The van der Waals surface area contributed by atoms with Crippen molar-refractivity contribution < 1.29 is 4.74 Å². The van der Waals surface area contributed by atoms with Gasteiger partial charge >= 0.3 is 0 Å². The third kappa shape index (κ3) is 3.37. The van der Waals surface area contributed by atoms with Gasteiger partial charge in [-0.05, 0) is 55.4 Å². The Morgan fingerprint density at radius 1 is 1.03 bits per heavy atom. The number of anilines is 1. The first kappa shape index (κ1) is 17.8. The predicted molar refractivity (Wildman–Crippen MR) is 113 cm³/mol. The van der Waals surface area contributed by atoms with Gasteiger partial charge in [-0.25, -0.2) is 4.52 Å². The Morgan fingerprint density at radius 3 is 2.62 bits per heavy atom. The van der Waals surface area contributed by atoms with Gasteiger partial charge in [-0.2, -0.15) is 4.98 Å². The minimum absolute atomic E-state index is 0.419. The highest BCUT2D eigenvalue weighted by atomic mass is 16.5. The highest BCUT2D eigenvalue weighted by Gasteiger charge is 2.21. The number of hydrogen-bond acceptors (Lipinski definition) is 6. The maximum absolute atomic E-state index is 5.64. The molecule has 0 unspecified atom stereocenters. The number of fused-ring (bicyclic) bond motifs is 2. The lowest BCUT2D eigenvalue weighted by atomic mass is 9.87. The lowest BCUT2D eigenvalue weighted by Crippen LogP contribution is -2.26. The monoisotopic (exact) mass is 388 g/mol. The van der Waals surface area contributed by atoms with E-state index in [4.69, 9.17) is 9.84 Å². The molecule has 3 heterocycles. The van der Waals surface area contributed by atoms with Gasteiger partial charge in [0, 0.05) is 30.2 Å². The molecule has 0 aliphatic heterocycles. The zero-order chi connectivity index (χ0) is 19.8. The van der Waals surface area contributed by atoms with Crippen molar-refractivity contribution in [2.24, 2.45) is 5.92 Å². The first-order chi connectivity index (χ1) is 14.2. The van der Waals surface area contributed by atoms with Crippen LogP contribution in [0.1, 0.15) is 32.6 Å². The van der Waals surface area contributed by atoms with Crippen LogP contribution in [-0.2, 0) is 0 Å². The van der Waals surface area contributed by atoms with Crippen LogP contribution in [0.5, 0.6) is 5.88 Å². The van der Waals surface area contributed by atoms with Crippen molar-refractivity contribution in [2.45, 2.75) is 38.6 Å². The summed E-state index contributed by atoms with van der Waals surface area (Å²) in [4.78, 5) is 13.4. The smallest absolute Gasteiger partial charge is 0.244 e. The molecule has 0 atom stereocenters. The van der Waals surface area contributed by atoms with Gasteiger partial charge in [0.15, 0.2) is 0 Å². The van der Waals surface area contributed by atoms with Crippen LogP contribution in [0.2, 0.25) is 0 Å². The van der Waals surface area contributed by atoms with Crippen LogP contribution < -0.4 is 10.1 Å². The third-order valence-corrected chi connectivity index (χ3v) is 5.80. The average molecular weight is 388 g/mol. The van der Waals surface area contributed by atoms with E-state index in [1.165, 1.54) is 12.8 Å². The number of benzene rings is 1. The second-order valence-corrected chi connectivity index (χ2v) is 7.83. The van der Waals surface area contributed by atoms with E-state index in [1.54, 1.807) is 19.5 Å². The van der Waals surface area contributed by atoms with Crippen LogP contribution in [0, 0.1) is 5.92 Å². The van der Waals surface area contributed by atoms with E-state index in [2.05, 4.69) is 27.2 Å². The van der Waals surface area contributed by atoms with Crippen molar-refractivity contribution in [2.75, 3.05) is 12.4 Å². The summed E-state index contributed by atoms with van der Waals surface area (Å²) in [7, 11) is 1.65. The minimum atomic E-state index is 0.419. The molecule has 1 saturated carbocycles. The third-order valence-electron chi connectivity index (χ3n) is 5.80. The van der Waals surface area contributed by atoms with Gasteiger partial charge in [0.05, 0.1) is 18.1 Å². The normalized spacial score (nSPS) is 19.5. The topological polar surface area (TPSA) is 77.2 Å². The van der Waals surface area contributed by atoms with E-state index in [0.29, 0.717) is 17.9 Å². The first-order valence-corrected chi connectivity index (χ1v) is 10.1. The standard InChI is InChI=1S/C22H24N6O/c1-14-3-6-16(7-4-14)25-22-26-21(29-2)20-17(9-12-28(20)27-22)15-5-8-18-19(13-15)24-11-10-23-18/h5,8-14,16H,3-4,6-7H2,1-2H3,(H,25,27)/t14-,16-. The summed E-state index contributed by atoms with van der Waals surface area (Å²) in [6.45, 7) is 2.32. The Kier molecular flexibility index (Phi) is 4.50. The van der Waals surface area contributed by atoms with E-state index >= 15 is 0 Å². The van der Waals surface area contributed by atoms with Gasteiger partial charge in [-0.15, -0.1) is 5.10 Å². The van der Waals surface area contributed by atoms with Crippen LogP contribution >= 0.6 is 0 Å². The van der Waals surface area contributed by atoms with Gasteiger partial charge < -0.3 is 10.1 Å². The average Bonchev–Trinajstić information content (AvgIpc) is 3.18. The van der Waals surface area contributed by atoms with Crippen molar-refractivity contribution in [3.63, 3.8) is 0 Å². The van der Waals surface area contributed by atoms with Crippen molar-refractivity contribution >= 4 is 22.5 Å². The van der Waals surface area contributed by atoms with E-state index in [-0.39, 0.29) is 0 Å². The highest BCUT2D eigenvalue weighted by Crippen LogP contribution is 2.33. The van der Waals surface area contributed by atoms with E-state index in [9.17, 15) is 0 Å². The number of methoxy groups -OCH3 is 1. The van der Waals surface area contributed by atoms with Crippen molar-refractivity contribution in [3.8, 4) is 17.0 Å². The molecule has 0 radical (unpaired) electrons. The Morgan fingerprint density at radius 2 is 1.83 bits per heavy atom. The molecule has 1 aliphatic rings. The highest BCUT2D eigenvalue weighted by molar-refractivity contribution is 5.89. The molecule has 4 aromatic rings. The summed E-state index contributed by atoms with van der Waals surface area (Å²) < 4.78 is 7.49. The number of ether oxygens (including phenoxy) is 1. The van der Waals surface area contributed by atoms with Crippen LogP contribution in [0.15, 0.2) is 42.9 Å². The molecule has 0 amide bonds. The summed E-state index contributed by atoms with van der Waals surface area (Å²) in [5.74, 6) is 1.98. The molecule has 0 spiro atoms. The van der Waals surface area contributed by atoms with E-state index < -0.39 is 0 Å². The Balaban J connectivity index is 1.52. The lowest BCUT2D eigenvalue weighted by Gasteiger charge is -2.26. The van der Waals surface area contributed by atoms with Gasteiger partial charge in [0.25, 0.3) is 0 Å². The largest absolute Gasteiger partial charge is 0.479 e. The van der Waals surface area contributed by atoms with Crippen LogP contribution in [0.3, 0.4) is 0 Å². The summed E-state index contributed by atoms with van der Waals surface area (Å²) in [5.41, 5.74) is 4.61. The SMILES string of the molecule is COc1nc(N[C@H]2CC[C@H](C)CC2)nn2ccc(-c3ccc4nccnc4c3)c12. The molecule has 1 aliphatic carbocycles. The summed E-state index contributed by atoms with van der Waals surface area (Å²) in [5, 5.41) is 8.19. The van der Waals surface area contributed by atoms with Gasteiger partial charge in [0.1, 0.15) is 5.52 Å². The van der Waals surface area contributed by atoms with Crippen LogP contribution in [0.4, 0.5) is 5.95 Å². The number of rotatable bonds is 4. The van der Waals surface area contributed by atoms with Gasteiger partial charge in [-0.3, -0.25) is 9.97 Å². The molecule has 1 N–H and O–H groups in total. The van der Waals surface area contributed by atoms with Crippen molar-refractivity contribution in [3.05, 3.63) is 42.9 Å². The molecule has 148 valence electrons. The van der Waals surface area contributed by atoms with Crippen molar-refractivity contribution in [1.29, 1.82) is 0 Å². The molecule has 5 rings (SSSR count). The molecular weight excluding hydrogens is 364 g/mol. The molecular formula is C22H24N6O. The van der Waals surface area contributed by atoms with Gasteiger partial charge in [-0.1, -0.05) is 13.0 Å². The minimum Gasteiger partial charge on any atom is -0.479 e. The van der Waals surface area contributed by atoms with E-state index in [0.717, 1.165) is 46.4 Å². The summed E-state index contributed by atoms with van der Waals surface area (Å²) in [6, 6.07) is 8.51. The number of hydrogen-bond donors (Lipinski definition) is 1. The van der Waals surface area contributed by atoms with Crippen LogP contribution in [-0.4, -0.2) is 37.7 Å². The first-order valence-electron chi connectivity index (χ1n) is 10.1. The van der Waals surface area contributed by atoms with E-state index in [1.807, 2.05) is 35.0 Å². The number of nitrogens with zero attached hydrogens (tertiary/aromatic N) is 5. The van der Waals surface area contributed by atoms with Gasteiger partial charge in [0.2, 0.25) is 11.8 Å².